The molecule has 0 saturated carbocycles. The van der Waals surface area contributed by atoms with Crippen molar-refractivity contribution in [2.24, 2.45) is 0 Å². The molecule has 0 spiro atoms. The van der Waals surface area contributed by atoms with Gasteiger partial charge in [0.2, 0.25) is 0 Å². The minimum absolute atomic E-state index is 0.131. The molecule has 1 heterocycles. The van der Waals surface area contributed by atoms with Crippen LogP contribution in [0.4, 0.5) is 18.9 Å². The summed E-state index contributed by atoms with van der Waals surface area (Å²) in [6.45, 7) is 0. The van der Waals surface area contributed by atoms with E-state index in [0.29, 0.717) is 10.2 Å². The van der Waals surface area contributed by atoms with Crippen LogP contribution in [0.3, 0.4) is 0 Å². The molecule has 124 valence electrons. The van der Waals surface area contributed by atoms with Crippen LogP contribution in [0.2, 0.25) is 0 Å². The van der Waals surface area contributed by atoms with Gasteiger partial charge in [-0.15, -0.1) is 22.9 Å². The Balaban J connectivity index is 2.03. The number of alkyl halides is 4. The zero-order chi connectivity index (χ0) is 17.3. The van der Waals surface area contributed by atoms with Gasteiger partial charge in [0.1, 0.15) is 4.53 Å². The molecule has 1 atom stereocenters. The molecule has 0 aliphatic heterocycles. The van der Waals surface area contributed by atoms with Crippen LogP contribution in [0, 0.1) is 0 Å². The van der Waals surface area contributed by atoms with E-state index in [1.807, 2.05) is 0 Å². The van der Waals surface area contributed by atoms with Crippen LogP contribution in [0.15, 0.2) is 35.1 Å². The third kappa shape index (κ3) is 3.52. The van der Waals surface area contributed by atoms with Crippen molar-refractivity contribution >= 4 is 47.0 Å². The second-order valence-corrected chi connectivity index (χ2v) is 6.52. The maximum Gasteiger partial charge on any atom is 0.418 e. The molecule has 0 bridgehead atoms. The van der Waals surface area contributed by atoms with Gasteiger partial charge in [-0.2, -0.15) is 13.2 Å². The van der Waals surface area contributed by atoms with Crippen molar-refractivity contribution in [3.05, 3.63) is 61.0 Å². The first-order valence-electron chi connectivity index (χ1n) is 6.83. The Morgan fingerprint density at radius 2 is 2.04 bits per heavy atom. The summed E-state index contributed by atoms with van der Waals surface area (Å²) in [6, 6.07) is 5.05. The number of rotatable bonds is 2. The first-order chi connectivity index (χ1) is 11.3. The van der Waals surface area contributed by atoms with Crippen LogP contribution in [0.25, 0.3) is 18.4 Å². The fourth-order valence-electron chi connectivity index (χ4n) is 2.15. The van der Waals surface area contributed by atoms with Crippen LogP contribution >= 0.6 is 22.9 Å². The molecule has 0 radical (unpaired) electrons. The van der Waals surface area contributed by atoms with Crippen molar-refractivity contribution in [3.8, 4) is 0 Å². The molecule has 1 aromatic heterocycles. The van der Waals surface area contributed by atoms with Crippen LogP contribution in [-0.4, -0.2) is 10.4 Å². The van der Waals surface area contributed by atoms with Crippen molar-refractivity contribution in [1.29, 1.82) is 0 Å². The third-order valence-corrected chi connectivity index (χ3v) is 4.59. The van der Waals surface area contributed by atoms with Gasteiger partial charge in [-0.05, 0) is 24.3 Å². The third-order valence-electron chi connectivity index (χ3n) is 3.24. The van der Waals surface area contributed by atoms with Crippen LogP contribution in [-0.2, 0) is 6.18 Å². The molecule has 1 aromatic carbocycles. The quantitative estimate of drug-likeness (QED) is 0.827. The molecule has 1 aliphatic carbocycles. The summed E-state index contributed by atoms with van der Waals surface area (Å²) in [7, 11) is 0. The Kier molecular flexibility index (Phi) is 4.47. The predicted molar refractivity (Wildman–Crippen MR) is 90.3 cm³/mol. The van der Waals surface area contributed by atoms with E-state index < -0.39 is 17.3 Å². The second-order valence-electron chi connectivity index (χ2n) is 4.93. The van der Waals surface area contributed by atoms with E-state index in [2.05, 4.69) is 10.3 Å². The Morgan fingerprint density at radius 3 is 2.79 bits per heavy atom. The van der Waals surface area contributed by atoms with E-state index in [9.17, 15) is 18.0 Å². The molecule has 24 heavy (non-hydrogen) atoms. The summed E-state index contributed by atoms with van der Waals surface area (Å²) < 4.78 is 39.8. The number of fused-ring (bicyclic) bond motifs is 1. The largest absolute Gasteiger partial charge is 0.418 e. The number of hydrogen-bond donors (Lipinski definition) is 1. The average Bonchev–Trinajstić information content (AvgIpc) is 2.52. The van der Waals surface area contributed by atoms with Gasteiger partial charge in [0, 0.05) is 6.20 Å². The highest BCUT2D eigenvalue weighted by Crippen LogP contribution is 2.34. The first kappa shape index (κ1) is 16.7. The molecule has 3 rings (SSSR count). The highest BCUT2D eigenvalue weighted by atomic mass is 35.5. The fourth-order valence-corrected chi connectivity index (χ4v) is 3.34. The van der Waals surface area contributed by atoms with E-state index in [4.69, 9.17) is 11.6 Å². The van der Waals surface area contributed by atoms with Crippen LogP contribution < -0.4 is 19.9 Å². The van der Waals surface area contributed by atoms with Gasteiger partial charge >= 0.3 is 6.18 Å². The summed E-state index contributed by atoms with van der Waals surface area (Å²) in [5.74, 6) is 0. The molecule has 2 aromatic rings. The van der Waals surface area contributed by atoms with Crippen molar-refractivity contribution in [2.45, 2.75) is 11.6 Å². The van der Waals surface area contributed by atoms with Gasteiger partial charge in [0.15, 0.2) is 0 Å². The summed E-state index contributed by atoms with van der Waals surface area (Å²) in [5.41, 5.74) is -0.940. The Hall–Kier alpha value is -2.12. The molecule has 0 fully saturated rings. The predicted octanol–water partition coefficient (Wildman–Crippen LogP) is 2.79. The Morgan fingerprint density at radius 1 is 1.29 bits per heavy atom. The number of para-hydroxylation sites is 1. The first-order valence-corrected chi connectivity index (χ1v) is 8.08. The molecular weight excluding hydrogens is 361 g/mol. The van der Waals surface area contributed by atoms with Gasteiger partial charge in [0.05, 0.1) is 26.9 Å². The van der Waals surface area contributed by atoms with Crippen LogP contribution in [0.5, 0.6) is 0 Å². The summed E-state index contributed by atoms with van der Waals surface area (Å²) in [4.78, 5) is 15.9. The molecule has 8 heteroatoms. The smallest absolute Gasteiger partial charge is 0.360 e. The molecule has 1 unspecified atom stereocenters. The molecule has 0 saturated heterocycles. The zero-order valence-electron chi connectivity index (χ0n) is 12.0. The number of halogens is 4. The number of nitrogens with one attached hydrogen (secondary N) is 1. The molecular formula is C16H10ClF3N2OS. The lowest BCUT2D eigenvalue weighted by atomic mass is 10.1. The van der Waals surface area contributed by atoms with Gasteiger partial charge in [-0.3, -0.25) is 4.79 Å². The normalized spacial score (nSPS) is 17.3. The van der Waals surface area contributed by atoms with Crippen LogP contribution in [0.1, 0.15) is 11.3 Å². The lowest BCUT2D eigenvalue weighted by molar-refractivity contribution is -0.136. The minimum atomic E-state index is -4.49. The lowest BCUT2D eigenvalue weighted by Gasteiger charge is -2.11. The number of anilines is 1. The molecule has 0 amide bonds. The van der Waals surface area contributed by atoms with Crippen molar-refractivity contribution in [1.82, 2.24) is 4.98 Å². The van der Waals surface area contributed by atoms with Gasteiger partial charge in [0.25, 0.3) is 5.56 Å². The number of hydrogen-bond acceptors (Lipinski definition) is 4. The molecule has 1 aliphatic rings. The van der Waals surface area contributed by atoms with E-state index >= 15 is 0 Å². The Labute approximate surface area is 143 Å². The second kappa shape index (κ2) is 6.41. The van der Waals surface area contributed by atoms with E-state index in [-0.39, 0.29) is 15.6 Å². The minimum Gasteiger partial charge on any atom is -0.360 e. The van der Waals surface area contributed by atoms with Gasteiger partial charge < -0.3 is 5.32 Å². The van der Waals surface area contributed by atoms with Gasteiger partial charge in [-0.25, -0.2) is 4.98 Å². The summed E-state index contributed by atoms with van der Waals surface area (Å²) >= 11 is 7.11. The van der Waals surface area contributed by atoms with E-state index in [1.54, 1.807) is 18.2 Å². The van der Waals surface area contributed by atoms with E-state index in [1.165, 1.54) is 24.4 Å². The monoisotopic (exact) mass is 370 g/mol. The Bertz CT molecular complexity index is 982. The number of benzene rings is 1. The van der Waals surface area contributed by atoms with Crippen molar-refractivity contribution in [3.63, 3.8) is 0 Å². The summed E-state index contributed by atoms with van der Waals surface area (Å²) in [6.07, 6.45) is 1.83. The average molecular weight is 371 g/mol. The SMILES string of the molecule is O=c1nc2c(s/c1=C/Nc1ccccc1C(F)(F)F)=CC(Cl)C=C2. The highest BCUT2D eigenvalue weighted by Gasteiger charge is 2.32. The number of nitrogens with zero attached hydrogens (tertiary/aromatic N) is 1. The number of allylic oxidation sites excluding steroid dienone is 1. The highest BCUT2D eigenvalue weighted by molar-refractivity contribution is 7.07. The standard InChI is InChI=1S/C16H10ClF3N2OS/c17-9-5-6-12-13(7-9)24-14(15(23)22-12)8-21-11-4-2-1-3-10(11)16(18,19)20/h1-9,21H/b14-8+. The maximum atomic E-state index is 13.0. The summed E-state index contributed by atoms with van der Waals surface area (Å²) in [5, 5.41) is 2.25. The lowest BCUT2D eigenvalue weighted by Crippen LogP contribution is -2.32. The maximum absolute atomic E-state index is 13.0. The number of aromatic nitrogens is 1. The zero-order valence-corrected chi connectivity index (χ0v) is 13.5. The van der Waals surface area contributed by atoms with E-state index in [0.717, 1.165) is 17.4 Å². The molecule has 3 nitrogen and oxygen atoms in total. The topological polar surface area (TPSA) is 42.0 Å². The van der Waals surface area contributed by atoms with Crippen molar-refractivity contribution < 1.29 is 13.2 Å². The van der Waals surface area contributed by atoms with Gasteiger partial charge in [-0.1, -0.05) is 18.2 Å². The molecule has 1 N–H and O–H groups in total. The van der Waals surface area contributed by atoms with Crippen molar-refractivity contribution in [2.75, 3.05) is 5.32 Å². The fraction of sp³-hybridized carbons (Fsp3) is 0.125.